The molecule has 0 fully saturated rings. The number of halogens is 1. The van der Waals surface area contributed by atoms with E-state index in [4.69, 9.17) is 16.3 Å². The van der Waals surface area contributed by atoms with Crippen LogP contribution in [0.2, 0.25) is 5.02 Å². The van der Waals surface area contributed by atoms with Gasteiger partial charge in [-0.1, -0.05) is 113 Å². The number of pyridine rings is 1. The van der Waals surface area contributed by atoms with E-state index in [0.29, 0.717) is 29.6 Å². The van der Waals surface area contributed by atoms with Gasteiger partial charge >= 0.3 is 5.91 Å². The lowest BCUT2D eigenvalue weighted by Gasteiger charge is -2.22. The summed E-state index contributed by atoms with van der Waals surface area (Å²) in [4.78, 5) is 15.3. The van der Waals surface area contributed by atoms with E-state index in [9.17, 15) is 4.79 Å². The SMILES string of the molecule is CCCCCCCCCCCCCCOc1ccc(CN(C(=O)c2cccc[n+]2C)c2ccccc2)cc1Cl. The summed E-state index contributed by atoms with van der Waals surface area (Å²) >= 11 is 6.60. The second-order valence-corrected chi connectivity index (χ2v) is 10.8. The van der Waals surface area contributed by atoms with Crippen molar-refractivity contribution < 1.29 is 14.1 Å². The van der Waals surface area contributed by atoms with Crippen LogP contribution in [0.4, 0.5) is 5.69 Å². The number of anilines is 1. The van der Waals surface area contributed by atoms with Gasteiger partial charge in [-0.2, -0.15) is 4.57 Å². The molecule has 0 unspecified atom stereocenters. The Kier molecular flexibility index (Phi) is 13.9. The molecule has 1 heterocycles. The van der Waals surface area contributed by atoms with E-state index in [1.807, 2.05) is 84.5 Å². The van der Waals surface area contributed by atoms with Crippen LogP contribution in [0.3, 0.4) is 0 Å². The average Bonchev–Trinajstić information content (AvgIpc) is 2.95. The molecule has 0 radical (unpaired) electrons. The number of unbranched alkanes of at least 4 members (excludes halogenated alkanes) is 11. The first-order valence-corrected chi connectivity index (χ1v) is 15.2. The molecular formula is C34H46ClN2O2+. The van der Waals surface area contributed by atoms with Crippen molar-refractivity contribution in [3.63, 3.8) is 0 Å². The van der Waals surface area contributed by atoms with Gasteiger partial charge in [0.1, 0.15) is 12.8 Å². The number of rotatable bonds is 18. The van der Waals surface area contributed by atoms with Crippen molar-refractivity contribution in [2.75, 3.05) is 11.5 Å². The minimum absolute atomic E-state index is 0.0623. The first kappa shape index (κ1) is 30.7. The number of carbonyl (C=O) groups excluding carboxylic acids is 1. The Balaban J connectivity index is 1.44. The second-order valence-electron chi connectivity index (χ2n) is 10.4. The number of hydrogen-bond acceptors (Lipinski definition) is 2. The molecule has 210 valence electrons. The minimum atomic E-state index is -0.0623. The number of para-hydroxylation sites is 1. The van der Waals surface area contributed by atoms with Gasteiger partial charge < -0.3 is 4.74 Å². The van der Waals surface area contributed by atoms with E-state index in [0.717, 1.165) is 17.7 Å². The number of amides is 1. The van der Waals surface area contributed by atoms with Gasteiger partial charge in [0.25, 0.3) is 5.69 Å². The summed E-state index contributed by atoms with van der Waals surface area (Å²) in [5, 5.41) is 0.581. The summed E-state index contributed by atoms with van der Waals surface area (Å²) < 4.78 is 7.83. The molecule has 0 spiro atoms. The number of ether oxygens (including phenoxy) is 1. The number of carbonyl (C=O) groups is 1. The van der Waals surface area contributed by atoms with E-state index in [-0.39, 0.29) is 5.91 Å². The van der Waals surface area contributed by atoms with Gasteiger partial charge in [0, 0.05) is 17.8 Å². The zero-order valence-electron chi connectivity index (χ0n) is 23.9. The second kappa shape index (κ2) is 17.7. The average molecular weight is 550 g/mol. The minimum Gasteiger partial charge on any atom is -0.492 e. The lowest BCUT2D eigenvalue weighted by molar-refractivity contribution is -0.673. The molecule has 1 aromatic heterocycles. The molecule has 0 aliphatic rings. The maximum Gasteiger partial charge on any atom is 0.323 e. The summed E-state index contributed by atoms with van der Waals surface area (Å²) in [5.74, 6) is 0.642. The van der Waals surface area contributed by atoms with E-state index in [1.54, 1.807) is 4.90 Å². The van der Waals surface area contributed by atoms with Crippen LogP contribution in [0.25, 0.3) is 0 Å². The Bertz CT molecular complexity index is 1120. The summed E-state index contributed by atoms with van der Waals surface area (Å²) in [5.41, 5.74) is 2.41. The largest absolute Gasteiger partial charge is 0.492 e. The molecule has 39 heavy (non-hydrogen) atoms. The highest BCUT2D eigenvalue weighted by molar-refractivity contribution is 6.32. The van der Waals surface area contributed by atoms with Crippen molar-refractivity contribution >= 4 is 23.2 Å². The van der Waals surface area contributed by atoms with Crippen LogP contribution in [0, 0.1) is 0 Å². The summed E-state index contributed by atoms with van der Waals surface area (Å²) in [7, 11) is 1.88. The van der Waals surface area contributed by atoms with Gasteiger partial charge in [-0.3, -0.25) is 9.69 Å². The van der Waals surface area contributed by atoms with Crippen molar-refractivity contribution in [3.05, 3.63) is 89.2 Å². The molecule has 0 saturated carbocycles. The highest BCUT2D eigenvalue weighted by atomic mass is 35.5. The molecule has 5 heteroatoms. The molecule has 3 rings (SSSR count). The molecule has 0 aliphatic heterocycles. The number of aromatic nitrogens is 1. The maximum atomic E-state index is 13.5. The molecule has 0 bridgehead atoms. The number of aryl methyl sites for hydroxylation is 1. The van der Waals surface area contributed by atoms with Crippen LogP contribution in [-0.2, 0) is 13.6 Å². The van der Waals surface area contributed by atoms with Gasteiger partial charge in [-0.25, -0.2) is 0 Å². The molecule has 0 aliphatic carbocycles. The third-order valence-corrected chi connectivity index (χ3v) is 7.47. The van der Waals surface area contributed by atoms with E-state index in [2.05, 4.69) is 6.92 Å². The predicted octanol–water partition coefficient (Wildman–Crippen LogP) is 9.09. The normalized spacial score (nSPS) is 10.9. The van der Waals surface area contributed by atoms with E-state index >= 15 is 0 Å². The van der Waals surface area contributed by atoms with Gasteiger partial charge in [0.05, 0.1) is 18.2 Å². The topological polar surface area (TPSA) is 33.4 Å². The van der Waals surface area contributed by atoms with Crippen LogP contribution in [-0.4, -0.2) is 12.5 Å². The molecule has 1 amide bonds. The van der Waals surface area contributed by atoms with Gasteiger partial charge in [-0.05, 0) is 42.3 Å². The summed E-state index contributed by atoms with van der Waals surface area (Å²) in [6.45, 7) is 3.36. The molecule has 3 aromatic rings. The predicted molar refractivity (Wildman–Crippen MR) is 163 cm³/mol. The molecule has 4 nitrogen and oxygen atoms in total. The van der Waals surface area contributed by atoms with Crippen LogP contribution in [0.1, 0.15) is 100 Å². The molecule has 0 saturated heterocycles. The van der Waals surface area contributed by atoms with Crippen molar-refractivity contribution in [1.29, 1.82) is 0 Å². The zero-order valence-corrected chi connectivity index (χ0v) is 24.7. The summed E-state index contributed by atoms with van der Waals surface area (Å²) in [6, 6.07) is 21.2. The molecule has 2 aromatic carbocycles. The maximum absolute atomic E-state index is 13.5. The van der Waals surface area contributed by atoms with E-state index in [1.165, 1.54) is 70.6 Å². The smallest absolute Gasteiger partial charge is 0.323 e. The van der Waals surface area contributed by atoms with Crippen molar-refractivity contribution in [2.45, 2.75) is 90.5 Å². The molecule has 0 atom stereocenters. The van der Waals surface area contributed by atoms with Crippen LogP contribution in [0.5, 0.6) is 5.75 Å². The standard InChI is InChI=1S/C34H46ClN2O2/c1-3-4-5-6-7-8-9-10-11-12-13-19-26-39-33-24-23-29(27-31(33)35)28-37(30-20-15-14-16-21-30)34(38)32-22-17-18-25-36(32)2/h14-18,20-25,27H,3-13,19,26,28H2,1-2H3/q+1. The number of benzene rings is 2. The fourth-order valence-corrected chi connectivity index (χ4v) is 5.10. The third kappa shape index (κ3) is 10.7. The van der Waals surface area contributed by atoms with Crippen molar-refractivity contribution in [3.8, 4) is 5.75 Å². The fraction of sp³-hybridized carbons (Fsp3) is 0.471. The highest BCUT2D eigenvalue weighted by Gasteiger charge is 2.25. The third-order valence-electron chi connectivity index (χ3n) is 7.18. The van der Waals surface area contributed by atoms with Gasteiger partial charge in [0.2, 0.25) is 0 Å². The van der Waals surface area contributed by atoms with E-state index < -0.39 is 0 Å². The van der Waals surface area contributed by atoms with Crippen LogP contribution < -0.4 is 14.2 Å². The Morgan fingerprint density at radius 1 is 0.795 bits per heavy atom. The quantitative estimate of drug-likeness (QED) is 0.117. The van der Waals surface area contributed by atoms with Crippen LogP contribution in [0.15, 0.2) is 72.9 Å². The Morgan fingerprint density at radius 2 is 1.41 bits per heavy atom. The Hall–Kier alpha value is -2.85. The monoisotopic (exact) mass is 549 g/mol. The van der Waals surface area contributed by atoms with Crippen molar-refractivity contribution in [1.82, 2.24) is 0 Å². The van der Waals surface area contributed by atoms with Gasteiger partial charge in [0.15, 0.2) is 6.20 Å². The fourth-order valence-electron chi connectivity index (χ4n) is 4.84. The Morgan fingerprint density at radius 3 is 2.03 bits per heavy atom. The number of hydrogen-bond donors (Lipinski definition) is 0. The molecular weight excluding hydrogens is 504 g/mol. The lowest BCUT2D eigenvalue weighted by atomic mass is 10.1. The van der Waals surface area contributed by atoms with Crippen molar-refractivity contribution in [2.24, 2.45) is 7.05 Å². The Labute approximate surface area is 241 Å². The van der Waals surface area contributed by atoms with Crippen LogP contribution >= 0.6 is 11.6 Å². The number of nitrogens with zero attached hydrogens (tertiary/aromatic N) is 2. The lowest BCUT2D eigenvalue weighted by Crippen LogP contribution is -2.42. The highest BCUT2D eigenvalue weighted by Crippen LogP contribution is 2.28. The first-order chi connectivity index (χ1) is 19.1. The summed E-state index contributed by atoms with van der Waals surface area (Å²) in [6.07, 6.45) is 17.8. The molecule has 0 N–H and O–H groups in total. The zero-order chi connectivity index (χ0) is 27.7. The first-order valence-electron chi connectivity index (χ1n) is 14.8. The van der Waals surface area contributed by atoms with Gasteiger partial charge in [-0.15, -0.1) is 0 Å².